The summed E-state index contributed by atoms with van der Waals surface area (Å²) in [6, 6.07) is 3.41. The smallest absolute Gasteiger partial charge is 0.141 e. The molecular formula is C16H26FN3O. The van der Waals surface area contributed by atoms with Gasteiger partial charge in [0, 0.05) is 19.7 Å². The summed E-state index contributed by atoms with van der Waals surface area (Å²) in [6.07, 6.45) is 4.39. The van der Waals surface area contributed by atoms with E-state index in [0.717, 1.165) is 51.1 Å². The van der Waals surface area contributed by atoms with Gasteiger partial charge in [0.15, 0.2) is 0 Å². The summed E-state index contributed by atoms with van der Waals surface area (Å²) in [5.41, 5.74) is 0.905. The van der Waals surface area contributed by atoms with Crippen LogP contribution in [-0.4, -0.2) is 47.8 Å². The Labute approximate surface area is 126 Å². The van der Waals surface area contributed by atoms with Crippen molar-refractivity contribution in [2.24, 2.45) is 5.92 Å². The average molecular weight is 295 g/mol. The number of halogens is 1. The number of aliphatic hydroxyl groups excluding tert-OH is 1. The zero-order chi connectivity index (χ0) is 15.1. The molecule has 4 nitrogen and oxygen atoms in total. The second kappa shape index (κ2) is 8.41. The molecule has 0 radical (unpaired) electrons. The maximum atomic E-state index is 13.0. The van der Waals surface area contributed by atoms with Gasteiger partial charge >= 0.3 is 0 Å². The fourth-order valence-electron chi connectivity index (χ4n) is 2.84. The summed E-state index contributed by atoms with van der Waals surface area (Å²) in [4.78, 5) is 6.61. The van der Waals surface area contributed by atoms with Crippen molar-refractivity contribution in [3.63, 3.8) is 0 Å². The summed E-state index contributed by atoms with van der Waals surface area (Å²) in [5.74, 6) is 0.134. The molecule has 2 atom stereocenters. The molecule has 1 aliphatic rings. The van der Waals surface area contributed by atoms with Crippen LogP contribution >= 0.6 is 0 Å². The number of aromatic nitrogens is 1. The van der Waals surface area contributed by atoms with Crippen molar-refractivity contribution < 1.29 is 9.50 Å². The molecule has 5 heteroatoms. The van der Waals surface area contributed by atoms with Gasteiger partial charge in [0.25, 0.3) is 0 Å². The van der Waals surface area contributed by atoms with Crippen molar-refractivity contribution in [1.29, 1.82) is 0 Å². The highest BCUT2D eigenvalue weighted by molar-refractivity contribution is 5.10. The molecule has 1 aliphatic heterocycles. The van der Waals surface area contributed by atoms with Crippen LogP contribution in [0.1, 0.15) is 37.9 Å². The normalized spacial score (nSPS) is 20.8. The van der Waals surface area contributed by atoms with Gasteiger partial charge in [-0.15, -0.1) is 0 Å². The largest absolute Gasteiger partial charge is 0.396 e. The van der Waals surface area contributed by atoms with Crippen molar-refractivity contribution in [1.82, 2.24) is 15.2 Å². The summed E-state index contributed by atoms with van der Waals surface area (Å²) < 4.78 is 13.0. The van der Waals surface area contributed by atoms with E-state index in [1.165, 1.54) is 12.3 Å². The topological polar surface area (TPSA) is 48.4 Å². The van der Waals surface area contributed by atoms with Gasteiger partial charge in [-0.25, -0.2) is 4.39 Å². The SMILES string of the molecule is CCCNC(CCN1CCC(CO)C1)c1ccc(F)cn1. The first-order valence-electron chi connectivity index (χ1n) is 7.91. The van der Waals surface area contributed by atoms with E-state index >= 15 is 0 Å². The lowest BCUT2D eigenvalue weighted by atomic mass is 10.1. The Morgan fingerprint density at radius 1 is 1.52 bits per heavy atom. The molecule has 0 aliphatic carbocycles. The lowest BCUT2D eigenvalue weighted by molar-refractivity contribution is 0.219. The van der Waals surface area contributed by atoms with Gasteiger partial charge < -0.3 is 15.3 Å². The monoisotopic (exact) mass is 295 g/mol. The van der Waals surface area contributed by atoms with E-state index in [4.69, 9.17) is 0 Å². The maximum Gasteiger partial charge on any atom is 0.141 e. The zero-order valence-corrected chi connectivity index (χ0v) is 12.8. The van der Waals surface area contributed by atoms with E-state index in [0.29, 0.717) is 5.92 Å². The van der Waals surface area contributed by atoms with Gasteiger partial charge in [0.05, 0.1) is 17.9 Å². The van der Waals surface area contributed by atoms with E-state index in [-0.39, 0.29) is 18.5 Å². The van der Waals surface area contributed by atoms with Gasteiger partial charge in [0.2, 0.25) is 0 Å². The number of hydrogen-bond acceptors (Lipinski definition) is 4. The number of hydrogen-bond donors (Lipinski definition) is 2. The van der Waals surface area contributed by atoms with Crippen LogP contribution in [0.2, 0.25) is 0 Å². The van der Waals surface area contributed by atoms with E-state index in [1.807, 2.05) is 0 Å². The Hall–Kier alpha value is -1.04. The Morgan fingerprint density at radius 2 is 2.38 bits per heavy atom. The summed E-state index contributed by atoms with van der Waals surface area (Å²) in [7, 11) is 0. The van der Waals surface area contributed by atoms with Gasteiger partial charge in [-0.2, -0.15) is 0 Å². The van der Waals surface area contributed by atoms with Crippen molar-refractivity contribution in [2.75, 3.05) is 32.8 Å². The van der Waals surface area contributed by atoms with Gasteiger partial charge in [-0.05, 0) is 50.4 Å². The molecule has 2 rings (SSSR count). The molecule has 0 saturated carbocycles. The maximum absolute atomic E-state index is 13.0. The molecule has 2 N–H and O–H groups in total. The molecule has 21 heavy (non-hydrogen) atoms. The predicted octanol–water partition coefficient (Wildman–Crippen LogP) is 1.97. The minimum Gasteiger partial charge on any atom is -0.396 e. The molecule has 2 unspecified atom stereocenters. The van der Waals surface area contributed by atoms with Crippen LogP contribution in [-0.2, 0) is 0 Å². The molecule has 1 aromatic rings. The molecule has 0 bridgehead atoms. The van der Waals surface area contributed by atoms with E-state index in [9.17, 15) is 9.50 Å². The number of nitrogens with zero attached hydrogens (tertiary/aromatic N) is 2. The van der Waals surface area contributed by atoms with Crippen molar-refractivity contribution >= 4 is 0 Å². The van der Waals surface area contributed by atoms with Gasteiger partial charge in [0.1, 0.15) is 5.82 Å². The Morgan fingerprint density at radius 3 is 3.00 bits per heavy atom. The lowest BCUT2D eigenvalue weighted by Crippen LogP contribution is -2.29. The predicted molar refractivity (Wildman–Crippen MR) is 81.5 cm³/mol. The summed E-state index contributed by atoms with van der Waals surface area (Å²) in [6.45, 7) is 6.37. The van der Waals surface area contributed by atoms with Crippen LogP contribution in [0.25, 0.3) is 0 Å². The number of nitrogens with one attached hydrogen (secondary N) is 1. The number of rotatable bonds is 8. The Bertz CT molecular complexity index is 412. The molecule has 0 aromatic carbocycles. The minimum absolute atomic E-state index is 0.165. The third-order valence-corrected chi connectivity index (χ3v) is 4.11. The second-order valence-electron chi connectivity index (χ2n) is 5.83. The molecule has 0 amide bonds. The first-order valence-corrected chi connectivity index (χ1v) is 7.91. The van der Waals surface area contributed by atoms with Crippen LogP contribution in [0.3, 0.4) is 0 Å². The molecular weight excluding hydrogens is 269 g/mol. The zero-order valence-electron chi connectivity index (χ0n) is 12.8. The van der Waals surface area contributed by atoms with Crippen molar-refractivity contribution in [2.45, 2.75) is 32.2 Å². The Balaban J connectivity index is 1.89. The number of likely N-dealkylation sites (tertiary alicyclic amines) is 1. The van der Waals surface area contributed by atoms with Gasteiger partial charge in [-0.3, -0.25) is 4.98 Å². The van der Waals surface area contributed by atoms with Crippen LogP contribution in [0.4, 0.5) is 4.39 Å². The molecule has 118 valence electrons. The molecule has 0 spiro atoms. The molecule has 1 aromatic heterocycles. The van der Waals surface area contributed by atoms with Crippen molar-refractivity contribution in [3.8, 4) is 0 Å². The molecule has 2 heterocycles. The molecule has 1 fully saturated rings. The number of aliphatic hydroxyl groups is 1. The van der Waals surface area contributed by atoms with Crippen LogP contribution in [0, 0.1) is 11.7 Å². The highest BCUT2D eigenvalue weighted by Gasteiger charge is 2.22. The van der Waals surface area contributed by atoms with E-state index in [2.05, 4.69) is 22.1 Å². The first-order chi connectivity index (χ1) is 10.2. The average Bonchev–Trinajstić information content (AvgIpc) is 2.97. The fourth-order valence-corrected chi connectivity index (χ4v) is 2.84. The highest BCUT2D eigenvalue weighted by Crippen LogP contribution is 2.20. The van der Waals surface area contributed by atoms with Gasteiger partial charge in [-0.1, -0.05) is 6.92 Å². The Kier molecular flexibility index (Phi) is 6.54. The summed E-state index contributed by atoms with van der Waals surface area (Å²) in [5, 5.41) is 12.7. The minimum atomic E-state index is -0.293. The highest BCUT2D eigenvalue weighted by atomic mass is 19.1. The summed E-state index contributed by atoms with van der Waals surface area (Å²) >= 11 is 0. The van der Waals surface area contributed by atoms with Crippen LogP contribution < -0.4 is 5.32 Å². The quantitative estimate of drug-likeness (QED) is 0.770. The third-order valence-electron chi connectivity index (χ3n) is 4.11. The third kappa shape index (κ3) is 5.02. The standard InChI is InChI=1S/C16H26FN3O/c1-2-7-18-16(15-4-3-14(17)10-19-15)6-9-20-8-5-13(11-20)12-21/h3-4,10,13,16,18,21H,2,5-9,11-12H2,1H3. The van der Waals surface area contributed by atoms with E-state index in [1.54, 1.807) is 6.07 Å². The van der Waals surface area contributed by atoms with Crippen molar-refractivity contribution in [3.05, 3.63) is 29.8 Å². The van der Waals surface area contributed by atoms with E-state index < -0.39 is 0 Å². The first kappa shape index (κ1) is 16.3. The van der Waals surface area contributed by atoms with Crippen LogP contribution in [0.5, 0.6) is 0 Å². The fraction of sp³-hybridized carbons (Fsp3) is 0.688. The van der Waals surface area contributed by atoms with Crippen LogP contribution in [0.15, 0.2) is 18.3 Å². The number of pyridine rings is 1. The molecule has 1 saturated heterocycles. The lowest BCUT2D eigenvalue weighted by Gasteiger charge is -2.22. The second-order valence-corrected chi connectivity index (χ2v) is 5.83.